The van der Waals surface area contributed by atoms with Crippen molar-refractivity contribution in [2.24, 2.45) is 0 Å². The van der Waals surface area contributed by atoms with Gasteiger partial charge in [-0.25, -0.2) is 8.42 Å². The van der Waals surface area contributed by atoms with Crippen molar-refractivity contribution in [3.8, 4) is 5.75 Å². The van der Waals surface area contributed by atoms with Crippen LogP contribution in [-0.4, -0.2) is 38.3 Å². The minimum absolute atomic E-state index is 0.0504. The molecule has 2 aromatic rings. The molecular formula is C20H22ClF3N2O4S. The third-order valence-corrected chi connectivity index (χ3v) is 6.47. The average Bonchev–Trinajstić information content (AvgIpc) is 2.68. The fourth-order valence-corrected chi connectivity index (χ4v) is 4.49. The second-order valence-corrected chi connectivity index (χ2v) is 8.90. The van der Waals surface area contributed by atoms with Crippen molar-refractivity contribution in [2.45, 2.75) is 31.8 Å². The van der Waals surface area contributed by atoms with Crippen molar-refractivity contribution in [1.29, 1.82) is 0 Å². The minimum Gasteiger partial charge on any atom is -0.494 e. The molecule has 6 nitrogen and oxygen atoms in total. The summed E-state index contributed by atoms with van der Waals surface area (Å²) in [5, 5.41) is 1.98. The van der Waals surface area contributed by atoms with Gasteiger partial charge in [-0.1, -0.05) is 18.5 Å². The summed E-state index contributed by atoms with van der Waals surface area (Å²) >= 11 is 5.63. The topological polar surface area (TPSA) is 75.7 Å². The van der Waals surface area contributed by atoms with E-state index in [0.29, 0.717) is 24.0 Å². The Labute approximate surface area is 184 Å². The molecule has 0 radical (unpaired) electrons. The number of benzene rings is 2. The number of hydrogen-bond acceptors (Lipinski definition) is 4. The second kappa shape index (κ2) is 9.88. The van der Waals surface area contributed by atoms with Crippen molar-refractivity contribution in [3.63, 3.8) is 0 Å². The van der Waals surface area contributed by atoms with E-state index in [9.17, 15) is 26.4 Å². The van der Waals surface area contributed by atoms with E-state index in [0.717, 1.165) is 10.4 Å². The van der Waals surface area contributed by atoms with E-state index in [1.54, 1.807) is 13.8 Å². The van der Waals surface area contributed by atoms with Crippen LogP contribution in [0.15, 0.2) is 41.3 Å². The molecule has 2 aromatic carbocycles. The number of nitrogens with zero attached hydrogens (tertiary/aromatic N) is 1. The van der Waals surface area contributed by atoms with E-state index in [1.165, 1.54) is 31.2 Å². The van der Waals surface area contributed by atoms with E-state index in [2.05, 4.69) is 5.32 Å². The standard InChI is InChI=1S/C20H22ClF3N2O4S/c1-4-26(31(28,29)15-7-9-18(30-5-2)13(3)10-15)12-19(27)25-17-8-6-14(21)11-16(17)20(22,23)24/h6-11H,4-5,12H2,1-3H3,(H,25,27). The van der Waals surface area contributed by atoms with Gasteiger partial charge in [-0.15, -0.1) is 0 Å². The van der Waals surface area contributed by atoms with Gasteiger partial charge in [0.1, 0.15) is 5.75 Å². The minimum atomic E-state index is -4.75. The maximum absolute atomic E-state index is 13.2. The third-order valence-electron chi connectivity index (χ3n) is 4.32. The van der Waals surface area contributed by atoms with Crippen molar-refractivity contribution < 1.29 is 31.1 Å². The van der Waals surface area contributed by atoms with Gasteiger partial charge in [-0.05, 0) is 55.8 Å². The predicted molar refractivity (Wildman–Crippen MR) is 112 cm³/mol. The Morgan fingerprint density at radius 2 is 1.84 bits per heavy atom. The molecule has 0 aromatic heterocycles. The number of sulfonamides is 1. The van der Waals surface area contributed by atoms with Crippen LogP contribution in [0.3, 0.4) is 0 Å². The third kappa shape index (κ3) is 6.11. The number of rotatable bonds is 8. The number of aryl methyl sites for hydroxylation is 1. The first-order valence-electron chi connectivity index (χ1n) is 9.30. The molecule has 0 saturated carbocycles. The lowest BCUT2D eigenvalue weighted by Crippen LogP contribution is -2.38. The zero-order chi connectivity index (χ0) is 23.4. The number of carbonyl (C=O) groups is 1. The fourth-order valence-electron chi connectivity index (χ4n) is 2.83. The number of hydrogen-bond donors (Lipinski definition) is 1. The molecule has 1 amide bonds. The number of carbonyl (C=O) groups excluding carboxylic acids is 1. The highest BCUT2D eigenvalue weighted by Gasteiger charge is 2.34. The first kappa shape index (κ1) is 25.0. The Balaban J connectivity index is 2.25. The summed E-state index contributed by atoms with van der Waals surface area (Å²) in [5.41, 5.74) is -1.03. The van der Waals surface area contributed by atoms with Crippen molar-refractivity contribution in [2.75, 3.05) is 25.0 Å². The highest BCUT2D eigenvalue weighted by molar-refractivity contribution is 7.89. The maximum atomic E-state index is 13.2. The molecule has 0 bridgehead atoms. The summed E-state index contributed by atoms with van der Waals surface area (Å²) in [5.74, 6) is -0.384. The van der Waals surface area contributed by atoms with Crippen LogP contribution in [0.5, 0.6) is 5.75 Å². The molecule has 170 valence electrons. The molecule has 0 spiro atoms. The van der Waals surface area contributed by atoms with E-state index in [1.807, 2.05) is 0 Å². The van der Waals surface area contributed by atoms with Crippen molar-refractivity contribution >= 4 is 33.2 Å². The normalized spacial score (nSPS) is 12.1. The summed E-state index contributed by atoms with van der Waals surface area (Å²) in [6.07, 6.45) is -4.75. The van der Waals surface area contributed by atoms with Gasteiger partial charge in [0.05, 0.1) is 29.3 Å². The molecule has 0 aliphatic rings. The van der Waals surface area contributed by atoms with Crippen LogP contribution in [0.4, 0.5) is 18.9 Å². The fraction of sp³-hybridized carbons (Fsp3) is 0.350. The van der Waals surface area contributed by atoms with E-state index >= 15 is 0 Å². The van der Waals surface area contributed by atoms with Crippen LogP contribution in [0.1, 0.15) is 25.0 Å². The molecular weight excluding hydrogens is 457 g/mol. The first-order valence-corrected chi connectivity index (χ1v) is 11.1. The highest BCUT2D eigenvalue weighted by Crippen LogP contribution is 2.36. The van der Waals surface area contributed by atoms with Crippen LogP contribution < -0.4 is 10.1 Å². The van der Waals surface area contributed by atoms with Crippen LogP contribution in [-0.2, 0) is 21.0 Å². The number of halogens is 4. The van der Waals surface area contributed by atoms with Crippen LogP contribution in [0, 0.1) is 6.92 Å². The van der Waals surface area contributed by atoms with Crippen LogP contribution >= 0.6 is 11.6 Å². The van der Waals surface area contributed by atoms with Gasteiger partial charge >= 0.3 is 6.18 Å². The van der Waals surface area contributed by atoms with Crippen LogP contribution in [0.2, 0.25) is 5.02 Å². The highest BCUT2D eigenvalue weighted by atomic mass is 35.5. The maximum Gasteiger partial charge on any atom is 0.418 e. The monoisotopic (exact) mass is 478 g/mol. The first-order chi connectivity index (χ1) is 14.4. The summed E-state index contributed by atoms with van der Waals surface area (Å²) in [7, 11) is -4.06. The summed E-state index contributed by atoms with van der Waals surface area (Å²) in [6, 6.07) is 7.20. The molecule has 0 saturated heterocycles. The number of amides is 1. The Kier molecular flexibility index (Phi) is 7.96. The molecule has 1 N–H and O–H groups in total. The van der Waals surface area contributed by atoms with Crippen molar-refractivity contribution in [3.05, 3.63) is 52.5 Å². The quantitative estimate of drug-likeness (QED) is 0.596. The molecule has 0 aliphatic carbocycles. The number of likely N-dealkylation sites (N-methyl/N-ethyl adjacent to an activating group) is 1. The lowest BCUT2D eigenvalue weighted by Gasteiger charge is -2.21. The number of anilines is 1. The lowest BCUT2D eigenvalue weighted by molar-refractivity contribution is -0.137. The number of nitrogens with one attached hydrogen (secondary N) is 1. The molecule has 0 fully saturated rings. The SMILES string of the molecule is CCOc1ccc(S(=O)(=O)N(CC)CC(=O)Nc2ccc(Cl)cc2C(F)(F)F)cc1C. The summed E-state index contributed by atoms with van der Waals surface area (Å²) in [6.45, 7) is 4.70. The number of alkyl halides is 3. The number of ether oxygens (including phenoxy) is 1. The van der Waals surface area contributed by atoms with Gasteiger partial charge in [-0.3, -0.25) is 4.79 Å². The van der Waals surface area contributed by atoms with Gasteiger partial charge in [0, 0.05) is 11.6 Å². The molecule has 0 unspecified atom stereocenters. The molecule has 0 aliphatic heterocycles. The van der Waals surface area contributed by atoms with Gasteiger partial charge in [0.15, 0.2) is 0 Å². The van der Waals surface area contributed by atoms with Gasteiger partial charge < -0.3 is 10.1 Å². The predicted octanol–water partition coefficient (Wildman–Crippen LogP) is 4.72. The van der Waals surface area contributed by atoms with Crippen molar-refractivity contribution in [1.82, 2.24) is 4.31 Å². The smallest absolute Gasteiger partial charge is 0.418 e. The lowest BCUT2D eigenvalue weighted by atomic mass is 10.1. The van der Waals surface area contributed by atoms with Crippen LogP contribution in [0.25, 0.3) is 0 Å². The van der Waals surface area contributed by atoms with Gasteiger partial charge in [0.2, 0.25) is 15.9 Å². The Morgan fingerprint density at radius 1 is 1.16 bits per heavy atom. The molecule has 2 rings (SSSR count). The van der Waals surface area contributed by atoms with E-state index in [4.69, 9.17) is 16.3 Å². The van der Waals surface area contributed by atoms with Gasteiger partial charge in [0.25, 0.3) is 0 Å². The largest absolute Gasteiger partial charge is 0.494 e. The second-order valence-electron chi connectivity index (χ2n) is 6.53. The Hall–Kier alpha value is -2.30. The molecule has 0 atom stereocenters. The zero-order valence-corrected chi connectivity index (χ0v) is 18.7. The summed E-state index contributed by atoms with van der Waals surface area (Å²) in [4.78, 5) is 12.3. The van der Waals surface area contributed by atoms with E-state index in [-0.39, 0.29) is 16.5 Å². The van der Waals surface area contributed by atoms with E-state index < -0.39 is 39.9 Å². The zero-order valence-electron chi connectivity index (χ0n) is 17.1. The molecule has 11 heteroatoms. The molecule has 0 heterocycles. The van der Waals surface area contributed by atoms with Gasteiger partial charge in [-0.2, -0.15) is 17.5 Å². The average molecular weight is 479 g/mol. The Morgan fingerprint density at radius 3 is 2.39 bits per heavy atom. The molecule has 31 heavy (non-hydrogen) atoms. The Bertz CT molecular complexity index is 1060. The summed E-state index contributed by atoms with van der Waals surface area (Å²) < 4.78 is 71.8.